The molecule has 42 heavy (non-hydrogen) atoms. The number of carbonyl (C=O) groups is 2. The number of para-hydroxylation sites is 1. The average Bonchev–Trinajstić information content (AvgIpc) is 3.03. The molecule has 0 aliphatic carbocycles. The van der Waals surface area contributed by atoms with Crippen molar-refractivity contribution in [3.8, 4) is 5.75 Å². The molecule has 9 heteroatoms. The highest BCUT2D eigenvalue weighted by atomic mass is 16.6. The number of carbonyl (C=O) groups excluding carboxylic acids is 2. The maximum atomic E-state index is 13.6. The number of anilines is 1. The number of nitrogens with zero attached hydrogens (tertiary/aromatic N) is 3. The second-order valence-corrected chi connectivity index (χ2v) is 10.1. The van der Waals surface area contributed by atoms with Gasteiger partial charge in [-0.2, -0.15) is 0 Å². The lowest BCUT2D eigenvalue weighted by molar-refractivity contribution is -0.384. The van der Waals surface area contributed by atoms with E-state index in [2.05, 4.69) is 34.5 Å². The molecule has 1 heterocycles. The Labute approximate surface area is 244 Å². The molecule has 4 aromatic carbocycles. The van der Waals surface area contributed by atoms with Crippen LogP contribution in [0, 0.1) is 10.1 Å². The molecule has 2 amide bonds. The minimum absolute atomic E-state index is 0.0663. The Morgan fingerprint density at radius 1 is 0.786 bits per heavy atom. The Morgan fingerprint density at radius 2 is 1.33 bits per heavy atom. The van der Waals surface area contributed by atoms with E-state index in [1.165, 1.54) is 35.4 Å². The van der Waals surface area contributed by atoms with Gasteiger partial charge in [0.1, 0.15) is 5.75 Å². The minimum Gasteiger partial charge on any atom is -0.481 e. The fraction of sp³-hybridized carbons (Fsp3) is 0.212. The van der Waals surface area contributed by atoms with E-state index in [4.69, 9.17) is 4.74 Å². The molecule has 4 aromatic rings. The van der Waals surface area contributed by atoms with Gasteiger partial charge in [-0.15, -0.1) is 0 Å². The van der Waals surface area contributed by atoms with Crippen molar-refractivity contribution in [3.05, 3.63) is 136 Å². The fourth-order valence-electron chi connectivity index (χ4n) is 5.16. The van der Waals surface area contributed by atoms with Crippen molar-refractivity contribution < 1.29 is 19.2 Å². The SMILES string of the molecule is CC(Oc1ccc([N+](=O)[O-])cc1)C(=O)Nc1ccccc1C(=O)N1CCN(C(c2ccccc2)c2ccccc2)CC1. The van der Waals surface area contributed by atoms with Crippen molar-refractivity contribution in [3.63, 3.8) is 0 Å². The van der Waals surface area contributed by atoms with Gasteiger partial charge in [0, 0.05) is 38.3 Å². The van der Waals surface area contributed by atoms with Crippen LogP contribution in [0.15, 0.2) is 109 Å². The number of nitro groups is 1. The van der Waals surface area contributed by atoms with Gasteiger partial charge in [-0.1, -0.05) is 72.8 Å². The van der Waals surface area contributed by atoms with E-state index in [0.717, 1.165) is 0 Å². The molecule has 0 spiro atoms. The first-order valence-corrected chi connectivity index (χ1v) is 13.8. The standard InChI is InChI=1S/C33H32N4O5/c1-24(42-28-18-16-27(17-19-28)37(40)41)32(38)34-30-15-9-8-14-29(30)33(39)36-22-20-35(21-23-36)31(25-10-4-2-5-11-25)26-12-6-3-7-13-26/h2-19,24,31H,20-23H2,1H3,(H,34,38). The summed E-state index contributed by atoms with van der Waals surface area (Å²) < 4.78 is 5.67. The molecule has 1 saturated heterocycles. The van der Waals surface area contributed by atoms with Crippen LogP contribution in [0.1, 0.15) is 34.5 Å². The summed E-state index contributed by atoms with van der Waals surface area (Å²) in [6.45, 7) is 4.09. The number of benzene rings is 4. The van der Waals surface area contributed by atoms with E-state index in [-0.39, 0.29) is 17.6 Å². The predicted molar refractivity (Wildman–Crippen MR) is 160 cm³/mol. The van der Waals surface area contributed by atoms with Gasteiger partial charge in [0.25, 0.3) is 17.5 Å². The first kappa shape index (κ1) is 28.5. The third-order valence-electron chi connectivity index (χ3n) is 7.34. The van der Waals surface area contributed by atoms with Gasteiger partial charge in [0.2, 0.25) is 0 Å². The number of hydrogen-bond donors (Lipinski definition) is 1. The summed E-state index contributed by atoms with van der Waals surface area (Å²) in [4.78, 5) is 41.2. The van der Waals surface area contributed by atoms with Crippen molar-refractivity contribution in [1.82, 2.24) is 9.80 Å². The number of piperazine rings is 1. The van der Waals surface area contributed by atoms with Gasteiger partial charge in [-0.25, -0.2) is 0 Å². The van der Waals surface area contributed by atoms with E-state index in [0.29, 0.717) is 43.2 Å². The number of hydrogen-bond acceptors (Lipinski definition) is 6. The number of rotatable bonds is 9. The number of nitro benzene ring substituents is 1. The van der Waals surface area contributed by atoms with Crippen molar-refractivity contribution in [2.75, 3.05) is 31.5 Å². The zero-order chi connectivity index (χ0) is 29.5. The molecule has 0 bridgehead atoms. The third-order valence-corrected chi connectivity index (χ3v) is 7.34. The molecule has 1 atom stereocenters. The van der Waals surface area contributed by atoms with Crippen LogP contribution in [-0.2, 0) is 4.79 Å². The Bertz CT molecular complexity index is 1480. The number of ether oxygens (including phenoxy) is 1. The molecule has 1 aliphatic heterocycles. The van der Waals surface area contributed by atoms with Crippen LogP contribution >= 0.6 is 0 Å². The summed E-state index contributed by atoms with van der Waals surface area (Å²) in [5, 5.41) is 13.7. The molecule has 1 unspecified atom stereocenters. The Hall–Kier alpha value is -5.02. The monoisotopic (exact) mass is 564 g/mol. The summed E-state index contributed by atoms with van der Waals surface area (Å²) in [6, 6.07) is 33.3. The lowest BCUT2D eigenvalue weighted by Crippen LogP contribution is -2.50. The van der Waals surface area contributed by atoms with Crippen LogP contribution in [0.3, 0.4) is 0 Å². The minimum atomic E-state index is -0.897. The highest BCUT2D eigenvalue weighted by molar-refractivity contribution is 6.04. The van der Waals surface area contributed by atoms with Gasteiger partial charge in [-0.3, -0.25) is 24.6 Å². The van der Waals surface area contributed by atoms with Crippen LogP contribution in [0.2, 0.25) is 0 Å². The number of non-ortho nitro benzene ring substituents is 1. The lowest BCUT2D eigenvalue weighted by Gasteiger charge is -2.40. The Morgan fingerprint density at radius 3 is 1.90 bits per heavy atom. The molecule has 1 aliphatic rings. The van der Waals surface area contributed by atoms with E-state index in [9.17, 15) is 19.7 Å². The summed E-state index contributed by atoms with van der Waals surface area (Å²) in [7, 11) is 0. The highest BCUT2D eigenvalue weighted by Gasteiger charge is 2.29. The maximum absolute atomic E-state index is 13.6. The van der Waals surface area contributed by atoms with Crippen molar-refractivity contribution >= 4 is 23.2 Å². The summed E-state index contributed by atoms with van der Waals surface area (Å²) in [6.07, 6.45) is -0.897. The van der Waals surface area contributed by atoms with Crippen LogP contribution < -0.4 is 10.1 Å². The van der Waals surface area contributed by atoms with Crippen LogP contribution in [0.5, 0.6) is 5.75 Å². The Kier molecular flexibility index (Phi) is 8.89. The van der Waals surface area contributed by atoms with Crippen molar-refractivity contribution in [2.45, 2.75) is 19.1 Å². The topological polar surface area (TPSA) is 105 Å². The third kappa shape index (κ3) is 6.64. The van der Waals surface area contributed by atoms with Crippen molar-refractivity contribution in [1.29, 1.82) is 0 Å². The highest BCUT2D eigenvalue weighted by Crippen LogP contribution is 2.30. The van der Waals surface area contributed by atoms with E-state index >= 15 is 0 Å². The lowest BCUT2D eigenvalue weighted by atomic mass is 9.96. The fourth-order valence-corrected chi connectivity index (χ4v) is 5.16. The first-order valence-electron chi connectivity index (χ1n) is 13.8. The largest absolute Gasteiger partial charge is 0.481 e. The van der Waals surface area contributed by atoms with Gasteiger partial charge < -0.3 is 15.0 Å². The van der Waals surface area contributed by atoms with Crippen LogP contribution in [-0.4, -0.2) is 58.8 Å². The molecule has 0 saturated carbocycles. The van der Waals surface area contributed by atoms with Gasteiger partial charge >= 0.3 is 0 Å². The molecular weight excluding hydrogens is 532 g/mol. The second-order valence-electron chi connectivity index (χ2n) is 10.1. The zero-order valence-electron chi connectivity index (χ0n) is 23.3. The van der Waals surface area contributed by atoms with Crippen LogP contribution in [0.25, 0.3) is 0 Å². The molecule has 5 rings (SSSR count). The average molecular weight is 565 g/mol. The Balaban J connectivity index is 1.24. The predicted octanol–water partition coefficient (Wildman–Crippen LogP) is 5.55. The molecule has 0 aromatic heterocycles. The summed E-state index contributed by atoms with van der Waals surface area (Å²) >= 11 is 0. The second kappa shape index (κ2) is 13.1. The maximum Gasteiger partial charge on any atom is 0.269 e. The smallest absolute Gasteiger partial charge is 0.269 e. The quantitative estimate of drug-likeness (QED) is 0.211. The molecule has 0 radical (unpaired) electrons. The molecule has 1 fully saturated rings. The van der Waals surface area contributed by atoms with Gasteiger partial charge in [-0.05, 0) is 42.3 Å². The van der Waals surface area contributed by atoms with E-state index < -0.39 is 16.9 Å². The van der Waals surface area contributed by atoms with Crippen LogP contribution in [0.4, 0.5) is 11.4 Å². The van der Waals surface area contributed by atoms with Gasteiger partial charge in [0.15, 0.2) is 6.10 Å². The first-order chi connectivity index (χ1) is 20.4. The van der Waals surface area contributed by atoms with E-state index in [1.807, 2.05) is 41.3 Å². The summed E-state index contributed by atoms with van der Waals surface area (Å²) in [5.74, 6) is -0.257. The number of nitrogens with one attached hydrogen (secondary N) is 1. The molecule has 214 valence electrons. The van der Waals surface area contributed by atoms with E-state index in [1.54, 1.807) is 31.2 Å². The normalized spacial score (nSPS) is 14.3. The van der Waals surface area contributed by atoms with Gasteiger partial charge in [0.05, 0.1) is 22.2 Å². The summed E-state index contributed by atoms with van der Waals surface area (Å²) in [5.41, 5.74) is 3.16. The molecular formula is C33H32N4O5. The zero-order valence-corrected chi connectivity index (χ0v) is 23.3. The molecule has 9 nitrogen and oxygen atoms in total. The molecule has 1 N–H and O–H groups in total. The number of amides is 2. The van der Waals surface area contributed by atoms with Crippen molar-refractivity contribution in [2.24, 2.45) is 0 Å².